The van der Waals surface area contributed by atoms with Crippen LogP contribution in [0.1, 0.15) is 12.8 Å². The van der Waals surface area contributed by atoms with Gasteiger partial charge in [0.05, 0.1) is 25.6 Å². The second-order valence-corrected chi connectivity index (χ2v) is 4.69. The Hall–Kier alpha value is -2.71. The molecule has 1 aromatic carbocycles. The van der Waals surface area contributed by atoms with E-state index >= 15 is 0 Å². The van der Waals surface area contributed by atoms with Crippen molar-refractivity contribution in [2.75, 3.05) is 18.6 Å². The number of alkyl halides is 3. The van der Waals surface area contributed by atoms with Crippen LogP contribution >= 0.6 is 0 Å². The Balaban J connectivity index is 2.18. The third kappa shape index (κ3) is 4.64. The van der Waals surface area contributed by atoms with Crippen molar-refractivity contribution in [3.63, 3.8) is 0 Å². The van der Waals surface area contributed by atoms with E-state index in [-0.39, 0.29) is 30.3 Å². The number of nitrogens with zero attached hydrogens (tertiary/aromatic N) is 2. The lowest BCUT2D eigenvalue weighted by molar-refractivity contribution is -0.136. The van der Waals surface area contributed by atoms with E-state index in [4.69, 9.17) is 14.0 Å². The fourth-order valence-electron chi connectivity index (χ4n) is 1.94. The molecule has 0 N–H and O–H groups in total. The largest absolute Gasteiger partial charge is 0.491 e. The Morgan fingerprint density at radius 3 is 2.67 bits per heavy atom. The van der Waals surface area contributed by atoms with Crippen molar-refractivity contribution in [3.05, 3.63) is 36.5 Å². The van der Waals surface area contributed by atoms with Crippen LogP contribution in [-0.2, 0) is 4.74 Å². The van der Waals surface area contributed by atoms with Gasteiger partial charge < -0.3 is 14.0 Å². The SMILES string of the molecule is COC(=O)N(c1ccno1)c1ccccc1OCCCC(F)(F)F. The van der Waals surface area contributed by atoms with Crippen LogP contribution in [0.4, 0.5) is 29.5 Å². The molecule has 0 saturated heterocycles. The molecule has 0 fully saturated rings. The van der Waals surface area contributed by atoms with Crippen LogP contribution in [0.3, 0.4) is 0 Å². The van der Waals surface area contributed by atoms with Gasteiger partial charge in [0.1, 0.15) is 5.75 Å². The standard InChI is InChI=1S/C15H15F3N2O4/c1-22-14(21)20(13-7-9-19-24-13)11-5-2-3-6-12(11)23-10-4-8-15(16,17)18/h2-3,5-7,9H,4,8,10H2,1H3. The van der Waals surface area contributed by atoms with Gasteiger partial charge in [-0.3, -0.25) is 0 Å². The smallest absolute Gasteiger partial charge is 0.421 e. The van der Waals surface area contributed by atoms with E-state index in [0.29, 0.717) is 0 Å². The van der Waals surface area contributed by atoms with Gasteiger partial charge in [-0.05, 0) is 18.6 Å². The fourth-order valence-corrected chi connectivity index (χ4v) is 1.94. The van der Waals surface area contributed by atoms with Gasteiger partial charge in [-0.1, -0.05) is 17.3 Å². The van der Waals surface area contributed by atoms with Crippen LogP contribution in [0.2, 0.25) is 0 Å². The highest BCUT2D eigenvalue weighted by Gasteiger charge is 2.27. The summed E-state index contributed by atoms with van der Waals surface area (Å²) in [6, 6.07) is 7.81. The first-order valence-electron chi connectivity index (χ1n) is 6.99. The first-order valence-corrected chi connectivity index (χ1v) is 6.99. The van der Waals surface area contributed by atoms with E-state index < -0.39 is 18.7 Å². The number of benzene rings is 1. The highest BCUT2D eigenvalue weighted by Crippen LogP contribution is 2.34. The number of anilines is 2. The maximum absolute atomic E-state index is 12.2. The number of carbonyl (C=O) groups is 1. The van der Waals surface area contributed by atoms with Gasteiger partial charge in [-0.15, -0.1) is 0 Å². The molecule has 24 heavy (non-hydrogen) atoms. The molecule has 2 aromatic rings. The average molecular weight is 344 g/mol. The first kappa shape index (κ1) is 17.6. The van der Waals surface area contributed by atoms with Crippen molar-refractivity contribution in [1.29, 1.82) is 0 Å². The lowest BCUT2D eigenvalue weighted by Crippen LogP contribution is -2.25. The number of methoxy groups -OCH3 is 1. The zero-order valence-electron chi connectivity index (χ0n) is 12.7. The molecule has 1 amide bonds. The highest BCUT2D eigenvalue weighted by molar-refractivity contribution is 5.96. The van der Waals surface area contributed by atoms with Gasteiger partial charge in [0, 0.05) is 12.5 Å². The summed E-state index contributed by atoms with van der Waals surface area (Å²) in [5, 5.41) is 3.53. The molecule has 0 aliphatic carbocycles. The van der Waals surface area contributed by atoms with E-state index in [0.717, 1.165) is 4.90 Å². The van der Waals surface area contributed by atoms with Crippen molar-refractivity contribution in [2.24, 2.45) is 0 Å². The molecule has 0 bridgehead atoms. The Morgan fingerprint density at radius 2 is 2.04 bits per heavy atom. The molecule has 130 valence electrons. The summed E-state index contributed by atoms with van der Waals surface area (Å²) in [7, 11) is 1.19. The number of aromatic nitrogens is 1. The molecule has 0 aliphatic heterocycles. The summed E-state index contributed by atoms with van der Waals surface area (Å²) in [6.07, 6.45) is -4.78. The van der Waals surface area contributed by atoms with Crippen molar-refractivity contribution < 1.29 is 32.0 Å². The Morgan fingerprint density at radius 1 is 1.29 bits per heavy atom. The summed E-state index contributed by atoms with van der Waals surface area (Å²) in [4.78, 5) is 13.1. The molecule has 6 nitrogen and oxygen atoms in total. The minimum Gasteiger partial charge on any atom is -0.491 e. The van der Waals surface area contributed by atoms with E-state index in [1.54, 1.807) is 18.2 Å². The summed E-state index contributed by atoms with van der Waals surface area (Å²) < 4.78 is 51.6. The molecule has 1 aromatic heterocycles. The number of rotatable bonds is 6. The normalized spacial score (nSPS) is 11.2. The third-order valence-electron chi connectivity index (χ3n) is 2.97. The van der Waals surface area contributed by atoms with Crippen LogP contribution < -0.4 is 9.64 Å². The third-order valence-corrected chi connectivity index (χ3v) is 2.97. The molecule has 9 heteroatoms. The predicted molar refractivity (Wildman–Crippen MR) is 78.3 cm³/mol. The van der Waals surface area contributed by atoms with Crippen LogP contribution in [-0.4, -0.2) is 31.1 Å². The van der Waals surface area contributed by atoms with Crippen molar-refractivity contribution >= 4 is 17.7 Å². The summed E-state index contributed by atoms with van der Waals surface area (Å²) in [5.74, 6) is 0.315. The Kier molecular flexibility index (Phi) is 5.67. The van der Waals surface area contributed by atoms with E-state index in [2.05, 4.69) is 5.16 Å². The topological polar surface area (TPSA) is 64.8 Å². The zero-order valence-corrected chi connectivity index (χ0v) is 12.7. The summed E-state index contributed by atoms with van der Waals surface area (Å²) >= 11 is 0. The molecular formula is C15H15F3N2O4. The molecule has 0 unspecified atom stereocenters. The molecule has 1 heterocycles. The number of amides is 1. The van der Waals surface area contributed by atoms with Gasteiger partial charge in [-0.25, -0.2) is 9.69 Å². The van der Waals surface area contributed by atoms with Crippen LogP contribution in [0.5, 0.6) is 5.75 Å². The molecule has 0 spiro atoms. The minimum absolute atomic E-state index is 0.0909. The first-order chi connectivity index (χ1) is 11.4. The minimum atomic E-state index is -4.24. The molecular weight excluding hydrogens is 329 g/mol. The average Bonchev–Trinajstić information content (AvgIpc) is 3.06. The van der Waals surface area contributed by atoms with Gasteiger partial charge in [-0.2, -0.15) is 13.2 Å². The van der Waals surface area contributed by atoms with Gasteiger partial charge in [0.25, 0.3) is 0 Å². The zero-order chi connectivity index (χ0) is 17.6. The van der Waals surface area contributed by atoms with Gasteiger partial charge >= 0.3 is 12.3 Å². The maximum atomic E-state index is 12.2. The van der Waals surface area contributed by atoms with Crippen LogP contribution in [0, 0.1) is 0 Å². The van der Waals surface area contributed by atoms with Gasteiger partial charge in [0.2, 0.25) is 5.88 Å². The van der Waals surface area contributed by atoms with Crippen molar-refractivity contribution in [1.82, 2.24) is 5.16 Å². The quantitative estimate of drug-likeness (QED) is 0.731. The number of carbonyl (C=O) groups excluding carboxylic acids is 1. The van der Waals surface area contributed by atoms with E-state index in [9.17, 15) is 18.0 Å². The number of hydrogen-bond acceptors (Lipinski definition) is 5. The highest BCUT2D eigenvalue weighted by atomic mass is 19.4. The second kappa shape index (κ2) is 7.71. The maximum Gasteiger partial charge on any atom is 0.421 e. The number of halogens is 3. The lowest BCUT2D eigenvalue weighted by atomic mass is 10.2. The monoisotopic (exact) mass is 344 g/mol. The Labute approximate surface area is 135 Å². The van der Waals surface area contributed by atoms with Gasteiger partial charge in [0.15, 0.2) is 0 Å². The lowest BCUT2D eigenvalue weighted by Gasteiger charge is -2.20. The molecule has 2 rings (SSSR count). The van der Waals surface area contributed by atoms with Crippen molar-refractivity contribution in [3.8, 4) is 5.75 Å². The summed E-state index contributed by atoms with van der Waals surface area (Å²) in [5.41, 5.74) is 0.271. The Bertz CT molecular complexity index is 659. The molecule has 0 aliphatic rings. The second-order valence-electron chi connectivity index (χ2n) is 4.69. The molecule has 0 atom stereocenters. The van der Waals surface area contributed by atoms with E-state index in [1.807, 2.05) is 0 Å². The number of ether oxygens (including phenoxy) is 2. The fraction of sp³-hybridized carbons (Fsp3) is 0.333. The number of para-hydroxylation sites is 2. The van der Waals surface area contributed by atoms with Crippen molar-refractivity contribution in [2.45, 2.75) is 19.0 Å². The number of hydrogen-bond donors (Lipinski definition) is 0. The van der Waals surface area contributed by atoms with Crippen LogP contribution in [0.15, 0.2) is 41.1 Å². The predicted octanol–water partition coefficient (Wildman–Crippen LogP) is 4.30. The molecule has 0 radical (unpaired) electrons. The molecule has 0 saturated carbocycles. The van der Waals surface area contributed by atoms with E-state index in [1.165, 1.54) is 25.4 Å². The summed E-state index contributed by atoms with van der Waals surface area (Å²) in [6.45, 7) is -0.151. The van der Waals surface area contributed by atoms with Crippen LogP contribution in [0.25, 0.3) is 0 Å².